The van der Waals surface area contributed by atoms with Crippen molar-refractivity contribution in [3.8, 4) is 0 Å². The lowest BCUT2D eigenvalue weighted by Gasteiger charge is -2.25. The summed E-state index contributed by atoms with van der Waals surface area (Å²) in [6, 6.07) is -0.0533. The molecule has 0 radical (unpaired) electrons. The molecular weight excluding hydrogens is 200 g/mol. The van der Waals surface area contributed by atoms with E-state index < -0.39 is 0 Å². The van der Waals surface area contributed by atoms with E-state index in [0.717, 1.165) is 19.4 Å². The summed E-state index contributed by atoms with van der Waals surface area (Å²) in [4.78, 5) is 11.6. The van der Waals surface area contributed by atoms with Crippen molar-refractivity contribution in [2.24, 2.45) is 11.8 Å². The molecule has 16 heavy (non-hydrogen) atoms. The van der Waals surface area contributed by atoms with E-state index in [9.17, 15) is 4.79 Å². The number of carbonyl (C=O) groups excluding carboxylic acids is 1. The second-order valence-electron chi connectivity index (χ2n) is 5.81. The van der Waals surface area contributed by atoms with Crippen LogP contribution in [0.2, 0.25) is 0 Å². The second kappa shape index (κ2) is 6.77. The van der Waals surface area contributed by atoms with Crippen LogP contribution in [-0.4, -0.2) is 18.1 Å². The minimum atomic E-state index is -0.120. The van der Waals surface area contributed by atoms with Gasteiger partial charge in [0.2, 0.25) is 0 Å². The van der Waals surface area contributed by atoms with Gasteiger partial charge in [-0.3, -0.25) is 0 Å². The van der Waals surface area contributed by atoms with E-state index in [1.54, 1.807) is 0 Å². The van der Waals surface area contributed by atoms with Gasteiger partial charge in [0.05, 0.1) is 0 Å². The van der Waals surface area contributed by atoms with Gasteiger partial charge in [0.25, 0.3) is 0 Å². The molecule has 3 heteroatoms. The van der Waals surface area contributed by atoms with Crippen LogP contribution < -0.4 is 10.6 Å². The quantitative estimate of drug-likeness (QED) is 0.720. The highest BCUT2D eigenvalue weighted by molar-refractivity contribution is 5.74. The topological polar surface area (TPSA) is 41.1 Å². The molecule has 0 aromatic heterocycles. The molecule has 96 valence electrons. The van der Waals surface area contributed by atoms with Crippen molar-refractivity contribution < 1.29 is 4.79 Å². The lowest BCUT2D eigenvalue weighted by Crippen LogP contribution is -2.48. The van der Waals surface area contributed by atoms with Crippen molar-refractivity contribution in [3.63, 3.8) is 0 Å². The molecule has 0 bridgehead atoms. The fourth-order valence-corrected chi connectivity index (χ4v) is 1.59. The van der Waals surface area contributed by atoms with Crippen LogP contribution in [0.25, 0.3) is 0 Å². The van der Waals surface area contributed by atoms with E-state index in [2.05, 4.69) is 38.3 Å². The molecule has 0 aliphatic carbocycles. The van der Waals surface area contributed by atoms with Crippen molar-refractivity contribution in [1.82, 2.24) is 10.6 Å². The average molecular weight is 228 g/mol. The first-order valence-corrected chi connectivity index (χ1v) is 6.33. The zero-order valence-corrected chi connectivity index (χ0v) is 11.7. The van der Waals surface area contributed by atoms with Gasteiger partial charge in [-0.25, -0.2) is 4.79 Å². The van der Waals surface area contributed by atoms with Gasteiger partial charge in [0, 0.05) is 12.1 Å². The number of nitrogens with one attached hydrogen (secondary N) is 2. The van der Waals surface area contributed by atoms with Crippen LogP contribution in [0, 0.1) is 11.8 Å². The Kier molecular flexibility index (Phi) is 6.46. The zero-order valence-electron chi connectivity index (χ0n) is 11.7. The van der Waals surface area contributed by atoms with Crippen LogP contribution in [0.15, 0.2) is 0 Å². The van der Waals surface area contributed by atoms with Crippen LogP contribution in [0.1, 0.15) is 54.4 Å². The van der Waals surface area contributed by atoms with Gasteiger partial charge in [0.1, 0.15) is 0 Å². The van der Waals surface area contributed by atoms with Gasteiger partial charge in [0.15, 0.2) is 0 Å². The van der Waals surface area contributed by atoms with Crippen LogP contribution in [0.3, 0.4) is 0 Å². The van der Waals surface area contributed by atoms with Gasteiger partial charge in [-0.05, 0) is 38.5 Å². The molecule has 0 rings (SSSR count). The number of hydrogen-bond acceptors (Lipinski definition) is 1. The summed E-state index contributed by atoms with van der Waals surface area (Å²) < 4.78 is 0. The summed E-state index contributed by atoms with van der Waals surface area (Å²) in [6.45, 7) is 13.5. The van der Waals surface area contributed by atoms with Crippen LogP contribution >= 0.6 is 0 Å². The Morgan fingerprint density at radius 3 is 2.25 bits per heavy atom. The van der Waals surface area contributed by atoms with E-state index in [4.69, 9.17) is 0 Å². The van der Waals surface area contributed by atoms with Gasteiger partial charge in [-0.2, -0.15) is 0 Å². The highest BCUT2D eigenvalue weighted by Crippen LogP contribution is 2.10. The summed E-state index contributed by atoms with van der Waals surface area (Å²) in [5.41, 5.74) is -0.120. The third-order valence-electron chi connectivity index (χ3n) is 2.82. The number of urea groups is 1. The van der Waals surface area contributed by atoms with Crippen molar-refractivity contribution in [2.75, 3.05) is 6.54 Å². The fourth-order valence-electron chi connectivity index (χ4n) is 1.59. The summed E-state index contributed by atoms with van der Waals surface area (Å²) in [5.74, 6) is 1.22. The summed E-state index contributed by atoms with van der Waals surface area (Å²) >= 11 is 0. The standard InChI is InChI=1S/C13H28N2O/c1-7-13(5,6)15-12(16)14-9-11(4)8-10(2)3/h10-11H,7-9H2,1-6H3,(H2,14,15,16). The Morgan fingerprint density at radius 1 is 1.25 bits per heavy atom. The summed E-state index contributed by atoms with van der Waals surface area (Å²) in [6.07, 6.45) is 2.08. The Morgan fingerprint density at radius 2 is 1.81 bits per heavy atom. The molecule has 0 spiro atoms. The first-order chi connectivity index (χ1) is 7.26. The lowest BCUT2D eigenvalue weighted by atomic mass is 9.99. The van der Waals surface area contributed by atoms with Crippen molar-refractivity contribution >= 4 is 6.03 Å². The van der Waals surface area contributed by atoms with Gasteiger partial charge < -0.3 is 10.6 Å². The molecule has 2 amide bonds. The maximum absolute atomic E-state index is 11.6. The van der Waals surface area contributed by atoms with Crippen LogP contribution in [0.5, 0.6) is 0 Å². The maximum atomic E-state index is 11.6. The molecule has 2 N–H and O–H groups in total. The highest BCUT2D eigenvalue weighted by Gasteiger charge is 2.17. The summed E-state index contributed by atoms with van der Waals surface area (Å²) in [7, 11) is 0. The molecule has 0 aliphatic heterocycles. The van der Waals surface area contributed by atoms with E-state index >= 15 is 0 Å². The average Bonchev–Trinajstić information content (AvgIpc) is 2.13. The van der Waals surface area contributed by atoms with Gasteiger partial charge in [-0.15, -0.1) is 0 Å². The minimum absolute atomic E-state index is 0.0533. The summed E-state index contributed by atoms with van der Waals surface area (Å²) in [5, 5.41) is 5.89. The molecular formula is C13H28N2O. The molecule has 0 heterocycles. The van der Waals surface area contributed by atoms with Crippen molar-refractivity contribution in [1.29, 1.82) is 0 Å². The molecule has 1 atom stereocenters. The molecule has 0 aliphatic rings. The fraction of sp³-hybridized carbons (Fsp3) is 0.923. The van der Waals surface area contributed by atoms with E-state index in [1.165, 1.54) is 0 Å². The van der Waals surface area contributed by atoms with Crippen molar-refractivity contribution in [3.05, 3.63) is 0 Å². The molecule has 0 aromatic carbocycles. The Labute approximate surface area is 100 Å². The predicted octanol–water partition coefficient (Wildman–Crippen LogP) is 3.16. The van der Waals surface area contributed by atoms with Crippen molar-refractivity contribution in [2.45, 2.75) is 59.9 Å². The predicted molar refractivity (Wildman–Crippen MR) is 69.5 cm³/mol. The molecule has 0 aromatic rings. The number of carbonyl (C=O) groups is 1. The molecule has 3 nitrogen and oxygen atoms in total. The second-order valence-corrected chi connectivity index (χ2v) is 5.81. The van der Waals surface area contributed by atoms with Crippen LogP contribution in [-0.2, 0) is 0 Å². The Hall–Kier alpha value is -0.730. The third-order valence-corrected chi connectivity index (χ3v) is 2.82. The minimum Gasteiger partial charge on any atom is -0.338 e. The molecule has 1 unspecified atom stereocenters. The first kappa shape index (κ1) is 15.3. The van der Waals surface area contributed by atoms with Crippen LogP contribution in [0.4, 0.5) is 4.79 Å². The van der Waals surface area contributed by atoms with E-state index in [0.29, 0.717) is 11.8 Å². The highest BCUT2D eigenvalue weighted by atomic mass is 16.2. The SMILES string of the molecule is CCC(C)(C)NC(=O)NCC(C)CC(C)C. The largest absolute Gasteiger partial charge is 0.338 e. The van der Waals surface area contributed by atoms with Gasteiger partial charge >= 0.3 is 6.03 Å². The van der Waals surface area contributed by atoms with E-state index in [1.807, 2.05) is 13.8 Å². The molecule has 0 saturated carbocycles. The Balaban J connectivity index is 3.81. The monoisotopic (exact) mass is 228 g/mol. The molecule has 0 saturated heterocycles. The maximum Gasteiger partial charge on any atom is 0.315 e. The zero-order chi connectivity index (χ0) is 12.8. The van der Waals surface area contributed by atoms with Gasteiger partial charge in [-0.1, -0.05) is 27.7 Å². The number of rotatable bonds is 6. The van der Waals surface area contributed by atoms with E-state index in [-0.39, 0.29) is 11.6 Å². The third kappa shape index (κ3) is 7.55. The normalized spacial score (nSPS) is 13.7. The first-order valence-electron chi connectivity index (χ1n) is 6.33. The lowest BCUT2D eigenvalue weighted by molar-refractivity contribution is 0.226. The Bertz CT molecular complexity index is 212. The number of hydrogen-bond donors (Lipinski definition) is 2. The number of amides is 2. The smallest absolute Gasteiger partial charge is 0.315 e. The molecule has 0 fully saturated rings.